The van der Waals surface area contributed by atoms with Crippen LogP contribution in [0.5, 0.6) is 5.75 Å². The summed E-state index contributed by atoms with van der Waals surface area (Å²) in [4.78, 5) is 11.3. The van der Waals surface area contributed by atoms with Crippen molar-refractivity contribution in [3.05, 3.63) is 34.9 Å². The van der Waals surface area contributed by atoms with Crippen LogP contribution in [0.25, 0.3) is 6.08 Å². The van der Waals surface area contributed by atoms with Gasteiger partial charge in [-0.1, -0.05) is 28.1 Å². The number of benzene rings is 1. The molecule has 0 N–H and O–H groups in total. The fourth-order valence-corrected chi connectivity index (χ4v) is 1.84. The van der Waals surface area contributed by atoms with E-state index in [0.29, 0.717) is 16.6 Å². The molecule has 0 aliphatic rings. The molecule has 0 bridgehead atoms. The van der Waals surface area contributed by atoms with E-state index in [1.807, 2.05) is 6.07 Å². The van der Waals surface area contributed by atoms with Crippen LogP contribution in [0.1, 0.15) is 11.1 Å². The molecule has 94 valence electrons. The second-order valence-corrected chi connectivity index (χ2v) is 3.93. The van der Waals surface area contributed by atoms with Crippen molar-refractivity contribution in [2.75, 3.05) is 14.2 Å². The van der Waals surface area contributed by atoms with Crippen LogP contribution in [-0.2, 0) is 14.9 Å². The number of carbonyl (C=O) groups excluding carboxylic acids is 1. The fraction of sp³-hybridized carbons (Fsp3) is 0.231. The third-order valence-electron chi connectivity index (χ3n) is 2.29. The van der Waals surface area contributed by atoms with Gasteiger partial charge >= 0.3 is 5.97 Å². The SMILES string of the molecule is COC(=O)/C(C#N)=C/c1ccc(CBr)c(OC)c1. The summed E-state index contributed by atoms with van der Waals surface area (Å²) in [6.45, 7) is 0. The molecule has 0 saturated carbocycles. The molecule has 0 atom stereocenters. The average Bonchev–Trinajstić information content (AvgIpc) is 2.43. The summed E-state index contributed by atoms with van der Waals surface area (Å²) in [5.41, 5.74) is 1.65. The van der Waals surface area contributed by atoms with Gasteiger partial charge in [0.15, 0.2) is 0 Å². The van der Waals surface area contributed by atoms with E-state index in [0.717, 1.165) is 5.56 Å². The lowest BCUT2D eigenvalue weighted by molar-refractivity contribution is -0.135. The first-order chi connectivity index (χ1) is 8.65. The minimum Gasteiger partial charge on any atom is -0.496 e. The van der Waals surface area contributed by atoms with Gasteiger partial charge in [-0.15, -0.1) is 0 Å². The van der Waals surface area contributed by atoms with Crippen molar-refractivity contribution in [1.82, 2.24) is 0 Å². The summed E-state index contributed by atoms with van der Waals surface area (Å²) < 4.78 is 9.73. The van der Waals surface area contributed by atoms with Crippen molar-refractivity contribution in [2.24, 2.45) is 0 Å². The maximum atomic E-state index is 11.3. The molecule has 5 heteroatoms. The average molecular weight is 310 g/mol. The van der Waals surface area contributed by atoms with E-state index >= 15 is 0 Å². The molecule has 4 nitrogen and oxygen atoms in total. The summed E-state index contributed by atoms with van der Waals surface area (Å²) in [5.74, 6) is 0.0452. The van der Waals surface area contributed by atoms with Crippen molar-refractivity contribution in [3.63, 3.8) is 0 Å². The molecule has 1 rings (SSSR count). The van der Waals surface area contributed by atoms with Crippen LogP contribution < -0.4 is 4.74 Å². The van der Waals surface area contributed by atoms with Gasteiger partial charge in [-0.25, -0.2) is 4.79 Å². The molecule has 0 spiro atoms. The minimum absolute atomic E-state index is 0.0499. The quantitative estimate of drug-likeness (QED) is 0.371. The Kier molecular flexibility index (Phi) is 5.40. The zero-order valence-electron chi connectivity index (χ0n) is 10.1. The van der Waals surface area contributed by atoms with Gasteiger partial charge in [-0.05, 0) is 17.7 Å². The van der Waals surface area contributed by atoms with E-state index in [4.69, 9.17) is 10.00 Å². The summed E-state index contributed by atoms with van der Waals surface area (Å²) in [7, 11) is 2.81. The van der Waals surface area contributed by atoms with Crippen LogP contribution in [0.15, 0.2) is 23.8 Å². The Bertz CT molecular complexity index is 517. The van der Waals surface area contributed by atoms with Crippen molar-refractivity contribution >= 4 is 28.0 Å². The van der Waals surface area contributed by atoms with E-state index in [1.165, 1.54) is 13.2 Å². The van der Waals surface area contributed by atoms with E-state index in [1.54, 1.807) is 25.3 Å². The molecule has 0 saturated heterocycles. The molecule has 0 aliphatic heterocycles. The molecule has 1 aromatic carbocycles. The largest absolute Gasteiger partial charge is 0.496 e. The van der Waals surface area contributed by atoms with Crippen molar-refractivity contribution in [2.45, 2.75) is 5.33 Å². The van der Waals surface area contributed by atoms with Crippen LogP contribution in [0.3, 0.4) is 0 Å². The Balaban J connectivity index is 3.15. The molecular formula is C13H12BrNO3. The third-order valence-corrected chi connectivity index (χ3v) is 2.90. The number of halogens is 1. The van der Waals surface area contributed by atoms with Gasteiger partial charge in [0, 0.05) is 10.9 Å². The number of alkyl halides is 1. The van der Waals surface area contributed by atoms with Crippen molar-refractivity contribution in [1.29, 1.82) is 5.26 Å². The molecule has 0 unspecified atom stereocenters. The summed E-state index contributed by atoms with van der Waals surface area (Å²) >= 11 is 3.35. The van der Waals surface area contributed by atoms with Gasteiger partial charge in [0.05, 0.1) is 14.2 Å². The standard InChI is InChI=1S/C13H12BrNO3/c1-17-12-6-9(3-4-10(12)7-14)5-11(8-15)13(16)18-2/h3-6H,7H2,1-2H3/b11-5+. The van der Waals surface area contributed by atoms with Gasteiger partial charge in [0.2, 0.25) is 0 Å². The first-order valence-electron chi connectivity index (χ1n) is 5.09. The lowest BCUT2D eigenvalue weighted by atomic mass is 10.1. The van der Waals surface area contributed by atoms with Crippen LogP contribution in [0.2, 0.25) is 0 Å². The maximum Gasteiger partial charge on any atom is 0.348 e. The zero-order valence-corrected chi connectivity index (χ0v) is 11.7. The van der Waals surface area contributed by atoms with Gasteiger partial charge in [0.25, 0.3) is 0 Å². The number of methoxy groups -OCH3 is 2. The molecule has 0 aliphatic carbocycles. The molecule has 0 amide bonds. The summed E-state index contributed by atoms with van der Waals surface area (Å²) in [6, 6.07) is 7.24. The lowest BCUT2D eigenvalue weighted by Gasteiger charge is -2.07. The highest BCUT2D eigenvalue weighted by Gasteiger charge is 2.09. The van der Waals surface area contributed by atoms with Gasteiger partial charge in [-0.3, -0.25) is 0 Å². The predicted molar refractivity (Wildman–Crippen MR) is 71.2 cm³/mol. The number of nitrogens with zero attached hydrogens (tertiary/aromatic N) is 1. The molecule has 0 heterocycles. The van der Waals surface area contributed by atoms with Crippen LogP contribution >= 0.6 is 15.9 Å². The molecular weight excluding hydrogens is 298 g/mol. The van der Waals surface area contributed by atoms with Crippen LogP contribution in [0, 0.1) is 11.3 Å². The molecule has 0 fully saturated rings. The zero-order chi connectivity index (χ0) is 13.5. The minimum atomic E-state index is -0.652. The molecule has 1 aromatic rings. The Labute approximate surface area is 114 Å². The Morgan fingerprint density at radius 2 is 2.22 bits per heavy atom. The molecule has 18 heavy (non-hydrogen) atoms. The molecule has 0 radical (unpaired) electrons. The molecule has 0 aromatic heterocycles. The van der Waals surface area contributed by atoms with Gasteiger partial charge < -0.3 is 9.47 Å². The summed E-state index contributed by atoms with van der Waals surface area (Å²) in [6.07, 6.45) is 1.46. The van der Waals surface area contributed by atoms with Crippen LogP contribution in [-0.4, -0.2) is 20.2 Å². The fourth-order valence-electron chi connectivity index (χ4n) is 1.37. The second kappa shape index (κ2) is 6.82. The maximum absolute atomic E-state index is 11.3. The number of esters is 1. The number of rotatable bonds is 4. The Hall–Kier alpha value is -1.80. The number of ether oxygens (including phenoxy) is 2. The highest BCUT2D eigenvalue weighted by Crippen LogP contribution is 2.23. The first-order valence-corrected chi connectivity index (χ1v) is 6.21. The lowest BCUT2D eigenvalue weighted by Crippen LogP contribution is -2.02. The van der Waals surface area contributed by atoms with E-state index < -0.39 is 5.97 Å². The normalized spacial score (nSPS) is 10.7. The van der Waals surface area contributed by atoms with Crippen LogP contribution in [0.4, 0.5) is 0 Å². The van der Waals surface area contributed by atoms with Gasteiger partial charge in [-0.2, -0.15) is 5.26 Å². The monoisotopic (exact) mass is 309 g/mol. The highest BCUT2D eigenvalue weighted by atomic mass is 79.9. The Morgan fingerprint density at radius 1 is 1.50 bits per heavy atom. The second-order valence-electron chi connectivity index (χ2n) is 3.37. The van der Waals surface area contributed by atoms with E-state index in [2.05, 4.69) is 20.7 Å². The Morgan fingerprint density at radius 3 is 2.72 bits per heavy atom. The third kappa shape index (κ3) is 3.34. The highest BCUT2D eigenvalue weighted by molar-refractivity contribution is 9.08. The van der Waals surface area contributed by atoms with Crippen molar-refractivity contribution < 1.29 is 14.3 Å². The van der Waals surface area contributed by atoms with Crippen molar-refractivity contribution in [3.8, 4) is 11.8 Å². The number of hydrogen-bond donors (Lipinski definition) is 0. The number of hydrogen-bond acceptors (Lipinski definition) is 4. The topological polar surface area (TPSA) is 59.3 Å². The number of carbonyl (C=O) groups is 1. The van der Waals surface area contributed by atoms with E-state index in [9.17, 15) is 4.79 Å². The first kappa shape index (κ1) is 14.3. The van der Waals surface area contributed by atoms with E-state index in [-0.39, 0.29) is 5.57 Å². The summed E-state index contributed by atoms with van der Waals surface area (Å²) in [5, 5.41) is 9.53. The predicted octanol–water partition coefficient (Wildman–Crippen LogP) is 2.67. The smallest absolute Gasteiger partial charge is 0.348 e. The number of nitriles is 1. The van der Waals surface area contributed by atoms with Gasteiger partial charge in [0.1, 0.15) is 17.4 Å².